The molecule has 10 nitrogen and oxygen atoms in total. The lowest BCUT2D eigenvalue weighted by molar-refractivity contribution is -0.140. The van der Waals surface area contributed by atoms with Crippen molar-refractivity contribution in [2.75, 3.05) is 60.7 Å². The number of carbonyl (C=O) groups excluding carboxylic acids is 2. The number of rotatable bonds is 12. The van der Waals surface area contributed by atoms with Gasteiger partial charge in [-0.2, -0.15) is 0 Å². The zero-order valence-corrected chi connectivity index (χ0v) is 26.2. The Morgan fingerprint density at radius 1 is 0.889 bits per heavy atom. The Morgan fingerprint density at radius 2 is 1.58 bits per heavy atom. The smallest absolute Gasteiger partial charge is 0.295 e. The molecular weight excluding hydrogens is 576 g/mol. The number of aryl methyl sites for hydroxylation is 1. The molecule has 2 aliphatic rings. The van der Waals surface area contributed by atoms with Gasteiger partial charge in [-0.15, -0.1) is 0 Å². The molecule has 1 amide bonds. The van der Waals surface area contributed by atoms with Gasteiger partial charge in [-0.3, -0.25) is 14.5 Å². The number of hydrogen-bond acceptors (Lipinski definition) is 9. The van der Waals surface area contributed by atoms with Crippen LogP contribution >= 0.6 is 0 Å². The van der Waals surface area contributed by atoms with Gasteiger partial charge in [0.15, 0.2) is 11.5 Å². The topological polar surface area (TPSA) is 107 Å². The minimum atomic E-state index is -0.877. The lowest BCUT2D eigenvalue weighted by atomic mass is 9.94. The van der Waals surface area contributed by atoms with Crippen LogP contribution in [-0.4, -0.2) is 87.3 Å². The van der Waals surface area contributed by atoms with Gasteiger partial charge in [-0.25, -0.2) is 0 Å². The maximum absolute atomic E-state index is 13.7. The molecule has 10 heteroatoms. The zero-order chi connectivity index (χ0) is 31.9. The fraction of sp³-hybridized carbons (Fsp3) is 0.371. The highest BCUT2D eigenvalue weighted by Gasteiger charge is 2.46. The summed E-state index contributed by atoms with van der Waals surface area (Å²) in [5, 5.41) is 11.7. The largest absolute Gasteiger partial charge is 0.507 e. The standard InChI is InChI=1S/C35H40N2O8/c1-23-19-25(11-12-27(23)45-22-24-9-6-5-7-10-24)32(38)30-31(26-20-28(41-2)34(43-4)29(21-26)42-3)37(35(40)33(30)39)14-8-13-36-15-17-44-18-16-36/h5-7,9-12,19-21,31,38H,8,13-18,22H2,1-4H3/b32-30+/t31-/m0/s1. The van der Waals surface area contributed by atoms with Gasteiger partial charge in [0.25, 0.3) is 11.7 Å². The molecule has 3 aromatic rings. The molecule has 0 aromatic heterocycles. The number of ether oxygens (including phenoxy) is 5. The maximum Gasteiger partial charge on any atom is 0.295 e. The van der Waals surface area contributed by atoms with E-state index in [4.69, 9.17) is 23.7 Å². The summed E-state index contributed by atoms with van der Waals surface area (Å²) in [6.45, 7) is 6.31. The second-order valence-corrected chi connectivity index (χ2v) is 11.0. The highest BCUT2D eigenvalue weighted by Crippen LogP contribution is 2.46. The Bertz CT molecular complexity index is 1520. The molecule has 0 aliphatic carbocycles. The van der Waals surface area contributed by atoms with Gasteiger partial charge < -0.3 is 33.7 Å². The highest BCUT2D eigenvalue weighted by atomic mass is 16.5. The van der Waals surface area contributed by atoms with E-state index in [1.54, 1.807) is 30.3 Å². The first kappa shape index (κ1) is 31.9. The number of aliphatic hydroxyl groups is 1. The SMILES string of the molecule is COc1cc([C@H]2/C(=C(\O)c3ccc(OCc4ccccc4)c(C)c3)C(=O)C(=O)N2CCCN2CCOCC2)cc(OC)c1OC. The second-order valence-electron chi connectivity index (χ2n) is 11.0. The van der Waals surface area contributed by atoms with E-state index >= 15 is 0 Å². The predicted molar refractivity (Wildman–Crippen MR) is 169 cm³/mol. The highest BCUT2D eigenvalue weighted by molar-refractivity contribution is 6.46. The van der Waals surface area contributed by atoms with Crippen molar-refractivity contribution in [2.24, 2.45) is 0 Å². The number of likely N-dealkylation sites (tertiary alicyclic amines) is 1. The Labute approximate surface area is 263 Å². The van der Waals surface area contributed by atoms with Crippen molar-refractivity contribution in [1.82, 2.24) is 9.80 Å². The lowest BCUT2D eigenvalue weighted by Crippen LogP contribution is -2.39. The molecule has 2 aliphatic heterocycles. The van der Waals surface area contributed by atoms with Crippen molar-refractivity contribution in [3.63, 3.8) is 0 Å². The van der Waals surface area contributed by atoms with E-state index in [0.29, 0.717) is 66.9 Å². The van der Waals surface area contributed by atoms with Crippen LogP contribution in [0.4, 0.5) is 0 Å². The summed E-state index contributed by atoms with van der Waals surface area (Å²) in [6.07, 6.45) is 0.639. The summed E-state index contributed by atoms with van der Waals surface area (Å²) in [7, 11) is 4.52. The van der Waals surface area contributed by atoms with Gasteiger partial charge in [0.05, 0.1) is 46.2 Å². The van der Waals surface area contributed by atoms with E-state index in [9.17, 15) is 14.7 Å². The third-order valence-electron chi connectivity index (χ3n) is 8.21. The molecule has 5 rings (SSSR count). The van der Waals surface area contributed by atoms with Gasteiger partial charge in [-0.1, -0.05) is 30.3 Å². The molecular formula is C35H40N2O8. The minimum Gasteiger partial charge on any atom is -0.507 e. The van der Waals surface area contributed by atoms with E-state index < -0.39 is 17.7 Å². The molecule has 0 radical (unpaired) electrons. The second kappa shape index (κ2) is 14.5. The van der Waals surface area contributed by atoms with Gasteiger partial charge in [0.2, 0.25) is 5.75 Å². The number of nitrogens with zero attached hydrogens (tertiary/aromatic N) is 2. The van der Waals surface area contributed by atoms with Gasteiger partial charge in [-0.05, 0) is 60.4 Å². The molecule has 2 heterocycles. The molecule has 0 unspecified atom stereocenters. The molecule has 1 N–H and O–H groups in total. The normalized spacial score (nSPS) is 18.2. The van der Waals surface area contributed by atoms with Gasteiger partial charge in [0, 0.05) is 31.7 Å². The Morgan fingerprint density at radius 3 is 2.20 bits per heavy atom. The fourth-order valence-electron chi connectivity index (χ4n) is 5.86. The lowest BCUT2D eigenvalue weighted by Gasteiger charge is -2.29. The summed E-state index contributed by atoms with van der Waals surface area (Å²) in [5.41, 5.74) is 2.76. The Balaban J connectivity index is 1.51. The van der Waals surface area contributed by atoms with E-state index in [1.807, 2.05) is 37.3 Å². The number of ketones is 1. The first-order valence-corrected chi connectivity index (χ1v) is 15.0. The van der Waals surface area contributed by atoms with Crippen LogP contribution in [0.3, 0.4) is 0 Å². The molecule has 3 aromatic carbocycles. The molecule has 1 atom stereocenters. The number of benzene rings is 3. The number of hydrogen-bond donors (Lipinski definition) is 1. The van der Waals surface area contributed by atoms with E-state index in [1.165, 1.54) is 26.2 Å². The summed E-state index contributed by atoms with van der Waals surface area (Å²) in [6, 6.07) is 17.6. The van der Waals surface area contributed by atoms with Crippen molar-refractivity contribution >= 4 is 17.4 Å². The number of aliphatic hydroxyl groups excluding tert-OH is 1. The number of methoxy groups -OCH3 is 3. The van der Waals surface area contributed by atoms with Gasteiger partial charge in [0.1, 0.15) is 18.1 Å². The van der Waals surface area contributed by atoms with Crippen LogP contribution in [0, 0.1) is 6.92 Å². The fourth-order valence-corrected chi connectivity index (χ4v) is 5.86. The molecule has 0 saturated carbocycles. The van der Waals surface area contributed by atoms with Crippen LogP contribution in [0.25, 0.3) is 5.76 Å². The maximum atomic E-state index is 13.7. The van der Waals surface area contributed by atoms with Crippen molar-refractivity contribution in [2.45, 2.75) is 26.0 Å². The third-order valence-corrected chi connectivity index (χ3v) is 8.21. The van der Waals surface area contributed by atoms with Crippen LogP contribution in [0.15, 0.2) is 66.2 Å². The quantitative estimate of drug-likeness (QED) is 0.175. The average molecular weight is 617 g/mol. The molecule has 45 heavy (non-hydrogen) atoms. The molecule has 0 spiro atoms. The van der Waals surface area contributed by atoms with Crippen LogP contribution in [0.1, 0.15) is 34.7 Å². The van der Waals surface area contributed by atoms with Crippen molar-refractivity contribution < 1.29 is 38.4 Å². The zero-order valence-electron chi connectivity index (χ0n) is 26.2. The summed E-state index contributed by atoms with van der Waals surface area (Å²) in [4.78, 5) is 31.1. The van der Waals surface area contributed by atoms with Crippen LogP contribution < -0.4 is 18.9 Å². The minimum absolute atomic E-state index is 0.00185. The number of carbonyl (C=O) groups is 2. The molecule has 2 saturated heterocycles. The summed E-state index contributed by atoms with van der Waals surface area (Å²) >= 11 is 0. The van der Waals surface area contributed by atoms with Crippen LogP contribution in [-0.2, 0) is 20.9 Å². The molecule has 238 valence electrons. The van der Waals surface area contributed by atoms with Crippen LogP contribution in [0.2, 0.25) is 0 Å². The number of Topliss-reactive ketones (excluding diaryl/α,β-unsaturated/α-hetero) is 1. The number of amides is 1. The molecule has 0 bridgehead atoms. The third kappa shape index (κ3) is 6.92. The number of morpholine rings is 1. The predicted octanol–water partition coefficient (Wildman–Crippen LogP) is 4.74. The van der Waals surface area contributed by atoms with E-state index in [-0.39, 0.29) is 11.3 Å². The van der Waals surface area contributed by atoms with Crippen LogP contribution in [0.5, 0.6) is 23.0 Å². The van der Waals surface area contributed by atoms with Crippen molar-refractivity contribution in [3.8, 4) is 23.0 Å². The monoisotopic (exact) mass is 616 g/mol. The Kier molecular flexibility index (Phi) is 10.3. The Hall–Kier alpha value is -4.54. The van der Waals surface area contributed by atoms with E-state index in [0.717, 1.165) is 30.8 Å². The average Bonchev–Trinajstić information content (AvgIpc) is 3.32. The summed E-state index contributed by atoms with van der Waals surface area (Å²) in [5.74, 6) is 0.106. The van der Waals surface area contributed by atoms with Gasteiger partial charge >= 0.3 is 0 Å². The molecule has 2 fully saturated rings. The van der Waals surface area contributed by atoms with E-state index in [2.05, 4.69) is 4.90 Å². The first-order valence-electron chi connectivity index (χ1n) is 15.0. The first-order chi connectivity index (χ1) is 21.9. The van der Waals surface area contributed by atoms with Crippen molar-refractivity contribution in [3.05, 3.63) is 88.5 Å². The summed E-state index contributed by atoms with van der Waals surface area (Å²) < 4.78 is 28.2. The van der Waals surface area contributed by atoms with Crippen molar-refractivity contribution in [1.29, 1.82) is 0 Å².